The van der Waals surface area contributed by atoms with Gasteiger partial charge in [-0.3, -0.25) is 4.79 Å². The van der Waals surface area contributed by atoms with Crippen LogP contribution in [0.2, 0.25) is 0 Å². The zero-order chi connectivity index (χ0) is 17.2. The van der Waals surface area contributed by atoms with Crippen LogP contribution >= 0.6 is 0 Å². The number of carbonyl (C=O) groups excluding carboxylic acids is 1. The van der Waals surface area contributed by atoms with E-state index < -0.39 is 0 Å². The second-order valence-electron chi connectivity index (χ2n) is 6.23. The van der Waals surface area contributed by atoms with Gasteiger partial charge in [-0.25, -0.2) is 4.68 Å². The molecule has 2 aromatic carbocycles. The molecule has 0 spiro atoms. The second kappa shape index (κ2) is 6.43. The number of nitrogens with one attached hydrogen (secondary N) is 1. The summed E-state index contributed by atoms with van der Waals surface area (Å²) in [6, 6.07) is 17.6. The molecule has 0 saturated heterocycles. The molecule has 1 unspecified atom stereocenters. The first kappa shape index (κ1) is 15.4. The molecule has 5 nitrogen and oxygen atoms in total. The van der Waals surface area contributed by atoms with E-state index in [1.165, 1.54) is 0 Å². The Bertz CT molecular complexity index is 902. The second-order valence-corrected chi connectivity index (χ2v) is 6.23. The minimum Gasteiger partial charge on any atom is -0.492 e. The molecule has 3 aromatic rings. The number of fused-ring (bicyclic) bond motifs is 1. The maximum Gasteiger partial charge on any atom is 0.232 e. The lowest BCUT2D eigenvalue weighted by atomic mass is 9.96. The normalized spacial score (nSPS) is 16.0. The van der Waals surface area contributed by atoms with Crippen LogP contribution < -0.4 is 10.1 Å². The van der Waals surface area contributed by atoms with E-state index >= 15 is 0 Å². The summed E-state index contributed by atoms with van der Waals surface area (Å²) in [6.45, 7) is 2.33. The fourth-order valence-electron chi connectivity index (χ4n) is 3.06. The summed E-state index contributed by atoms with van der Waals surface area (Å²) in [4.78, 5) is 12.8. The van der Waals surface area contributed by atoms with Crippen LogP contribution in [0.3, 0.4) is 0 Å². The summed E-state index contributed by atoms with van der Waals surface area (Å²) < 4.78 is 7.49. The summed E-state index contributed by atoms with van der Waals surface area (Å²) in [6.07, 6.45) is 2.44. The molecule has 0 bridgehead atoms. The highest BCUT2D eigenvalue weighted by Gasteiger charge is 2.27. The standard InChI is InChI=1S/C20H19N3O2/c1-14-12-21-23(17-8-3-2-4-9-17)19(14)22-20(24)16-11-15-7-5-6-10-18(15)25-13-16/h2-10,12,16H,11,13H2,1H3,(H,22,24). The Hall–Kier alpha value is -3.08. The SMILES string of the molecule is Cc1cnn(-c2ccccc2)c1NC(=O)C1COc2ccccc2C1. The zero-order valence-electron chi connectivity index (χ0n) is 14.0. The Labute approximate surface area is 146 Å². The fraction of sp³-hybridized carbons (Fsp3) is 0.200. The van der Waals surface area contributed by atoms with Crippen molar-refractivity contribution in [2.24, 2.45) is 5.92 Å². The lowest BCUT2D eigenvalue weighted by Crippen LogP contribution is -2.33. The average molecular weight is 333 g/mol. The van der Waals surface area contributed by atoms with E-state index in [2.05, 4.69) is 10.4 Å². The summed E-state index contributed by atoms with van der Waals surface area (Å²) in [7, 11) is 0. The number of aromatic nitrogens is 2. The van der Waals surface area contributed by atoms with E-state index in [0.29, 0.717) is 18.8 Å². The van der Waals surface area contributed by atoms with Crippen molar-refractivity contribution in [1.82, 2.24) is 9.78 Å². The Balaban J connectivity index is 1.55. The number of carbonyl (C=O) groups is 1. The lowest BCUT2D eigenvalue weighted by molar-refractivity contribution is -0.121. The molecule has 1 aliphatic rings. The van der Waals surface area contributed by atoms with Gasteiger partial charge in [-0.05, 0) is 37.1 Å². The molecule has 1 aromatic heterocycles. The van der Waals surface area contributed by atoms with Crippen LogP contribution in [0.4, 0.5) is 5.82 Å². The summed E-state index contributed by atoms with van der Waals surface area (Å²) >= 11 is 0. The van der Waals surface area contributed by atoms with Gasteiger partial charge >= 0.3 is 0 Å². The molecular formula is C20H19N3O2. The zero-order valence-corrected chi connectivity index (χ0v) is 14.0. The van der Waals surface area contributed by atoms with E-state index in [1.54, 1.807) is 10.9 Å². The number of anilines is 1. The van der Waals surface area contributed by atoms with Crippen LogP contribution in [-0.4, -0.2) is 22.3 Å². The number of rotatable bonds is 3. The van der Waals surface area contributed by atoms with Crippen molar-refractivity contribution >= 4 is 11.7 Å². The van der Waals surface area contributed by atoms with Gasteiger partial charge in [0.05, 0.1) is 17.8 Å². The summed E-state index contributed by atoms with van der Waals surface area (Å²) in [5.74, 6) is 1.32. The van der Waals surface area contributed by atoms with Crippen molar-refractivity contribution in [3.63, 3.8) is 0 Å². The van der Waals surface area contributed by atoms with E-state index in [4.69, 9.17) is 4.74 Å². The average Bonchev–Trinajstić information content (AvgIpc) is 3.02. The first-order valence-corrected chi connectivity index (χ1v) is 8.34. The van der Waals surface area contributed by atoms with Crippen LogP contribution in [-0.2, 0) is 11.2 Å². The fourth-order valence-corrected chi connectivity index (χ4v) is 3.06. The van der Waals surface area contributed by atoms with Crippen LogP contribution in [0.15, 0.2) is 60.8 Å². The van der Waals surface area contributed by atoms with Gasteiger partial charge in [0.15, 0.2) is 0 Å². The Morgan fingerprint density at radius 2 is 1.92 bits per heavy atom. The molecule has 1 aliphatic heterocycles. The van der Waals surface area contributed by atoms with Gasteiger partial charge in [-0.1, -0.05) is 36.4 Å². The molecule has 0 fully saturated rings. The molecule has 1 atom stereocenters. The van der Waals surface area contributed by atoms with Gasteiger partial charge < -0.3 is 10.1 Å². The third-order valence-electron chi connectivity index (χ3n) is 4.44. The van der Waals surface area contributed by atoms with Gasteiger partial charge in [0.25, 0.3) is 0 Å². The van der Waals surface area contributed by atoms with Gasteiger partial charge in [0.1, 0.15) is 18.2 Å². The van der Waals surface area contributed by atoms with Gasteiger partial charge in [-0.15, -0.1) is 0 Å². The first-order valence-electron chi connectivity index (χ1n) is 8.34. The minimum absolute atomic E-state index is 0.0460. The number of para-hydroxylation sites is 2. The van der Waals surface area contributed by atoms with Crippen LogP contribution in [0.1, 0.15) is 11.1 Å². The number of benzene rings is 2. The monoisotopic (exact) mass is 333 g/mol. The third-order valence-corrected chi connectivity index (χ3v) is 4.44. The quantitative estimate of drug-likeness (QED) is 0.799. The molecule has 126 valence electrons. The number of hydrogen-bond acceptors (Lipinski definition) is 3. The largest absolute Gasteiger partial charge is 0.492 e. The van der Waals surface area contributed by atoms with Crippen molar-refractivity contribution < 1.29 is 9.53 Å². The predicted molar refractivity (Wildman–Crippen MR) is 96.1 cm³/mol. The number of nitrogens with zero attached hydrogens (tertiary/aromatic N) is 2. The van der Waals surface area contributed by atoms with Gasteiger partial charge in [0, 0.05) is 5.56 Å². The molecule has 1 N–H and O–H groups in total. The summed E-state index contributed by atoms with van der Waals surface area (Å²) in [5.41, 5.74) is 2.91. The highest BCUT2D eigenvalue weighted by molar-refractivity contribution is 5.93. The highest BCUT2D eigenvalue weighted by atomic mass is 16.5. The summed E-state index contributed by atoms with van der Waals surface area (Å²) in [5, 5.41) is 7.43. The van der Waals surface area contributed by atoms with E-state index in [0.717, 1.165) is 22.6 Å². The molecule has 4 rings (SSSR count). The number of amides is 1. The molecular weight excluding hydrogens is 314 g/mol. The smallest absolute Gasteiger partial charge is 0.232 e. The maximum atomic E-state index is 12.8. The Kier molecular flexibility index (Phi) is 3.98. The number of ether oxygens (including phenoxy) is 1. The maximum absolute atomic E-state index is 12.8. The van der Waals surface area contributed by atoms with Crippen LogP contribution in [0, 0.1) is 12.8 Å². The van der Waals surface area contributed by atoms with Crippen molar-refractivity contribution in [2.45, 2.75) is 13.3 Å². The molecule has 5 heteroatoms. The molecule has 0 saturated carbocycles. The molecule has 2 heterocycles. The van der Waals surface area contributed by atoms with Gasteiger partial charge in [0.2, 0.25) is 5.91 Å². The molecule has 1 amide bonds. The molecule has 25 heavy (non-hydrogen) atoms. The van der Waals surface area contributed by atoms with Crippen molar-refractivity contribution in [2.75, 3.05) is 11.9 Å². The topological polar surface area (TPSA) is 56.2 Å². The number of hydrogen-bond donors (Lipinski definition) is 1. The van der Waals surface area contributed by atoms with Crippen molar-refractivity contribution in [1.29, 1.82) is 0 Å². The Morgan fingerprint density at radius 1 is 1.16 bits per heavy atom. The first-order chi connectivity index (χ1) is 12.2. The van der Waals surface area contributed by atoms with E-state index in [1.807, 2.05) is 61.5 Å². The van der Waals surface area contributed by atoms with Gasteiger partial charge in [-0.2, -0.15) is 5.10 Å². The highest BCUT2D eigenvalue weighted by Crippen LogP contribution is 2.28. The molecule has 0 radical (unpaired) electrons. The predicted octanol–water partition coefficient (Wildman–Crippen LogP) is 3.37. The Morgan fingerprint density at radius 3 is 2.76 bits per heavy atom. The molecule has 0 aliphatic carbocycles. The third kappa shape index (κ3) is 3.01. The van der Waals surface area contributed by atoms with E-state index in [9.17, 15) is 4.79 Å². The van der Waals surface area contributed by atoms with Crippen LogP contribution in [0.25, 0.3) is 5.69 Å². The minimum atomic E-state index is -0.214. The van der Waals surface area contributed by atoms with Crippen molar-refractivity contribution in [3.8, 4) is 11.4 Å². The lowest BCUT2D eigenvalue weighted by Gasteiger charge is -2.24. The van der Waals surface area contributed by atoms with Crippen LogP contribution in [0.5, 0.6) is 5.75 Å². The number of aryl methyl sites for hydroxylation is 1. The van der Waals surface area contributed by atoms with Crippen molar-refractivity contribution in [3.05, 3.63) is 71.9 Å². The van der Waals surface area contributed by atoms with E-state index in [-0.39, 0.29) is 11.8 Å².